The Morgan fingerprint density at radius 2 is 2.14 bits per heavy atom. The topological polar surface area (TPSA) is 38.5 Å². The zero-order valence-electron chi connectivity index (χ0n) is 12.6. The molecule has 0 atom stereocenters. The number of ether oxygens (including phenoxy) is 1. The molecule has 1 heterocycles. The van der Waals surface area contributed by atoms with E-state index in [1.807, 2.05) is 12.1 Å². The lowest BCUT2D eigenvalue weighted by atomic mass is 9.97. The third-order valence-electron chi connectivity index (χ3n) is 3.89. The van der Waals surface area contributed by atoms with Gasteiger partial charge in [-0.05, 0) is 44.0 Å². The summed E-state index contributed by atoms with van der Waals surface area (Å²) in [6.07, 6.45) is 2.24. The van der Waals surface area contributed by atoms with Crippen molar-refractivity contribution in [3.05, 3.63) is 35.1 Å². The summed E-state index contributed by atoms with van der Waals surface area (Å²) in [5.74, 6) is 6.05. The van der Waals surface area contributed by atoms with Crippen LogP contribution in [0.25, 0.3) is 0 Å². The van der Waals surface area contributed by atoms with E-state index in [9.17, 15) is 4.39 Å². The minimum absolute atomic E-state index is 0.183. The predicted octanol–water partition coefficient (Wildman–Crippen LogP) is 1.99. The molecule has 1 aliphatic rings. The second-order valence-electron chi connectivity index (χ2n) is 5.49. The van der Waals surface area contributed by atoms with Crippen LogP contribution in [0.4, 0.5) is 4.39 Å². The number of halogens is 1. The molecule has 2 N–H and O–H groups in total. The highest BCUT2D eigenvalue weighted by atomic mass is 19.1. The van der Waals surface area contributed by atoms with Gasteiger partial charge < -0.3 is 10.5 Å². The Kier molecular flexibility index (Phi) is 6.19. The average Bonchev–Trinajstić information content (AvgIpc) is 2.50. The van der Waals surface area contributed by atoms with Gasteiger partial charge in [0.2, 0.25) is 0 Å². The van der Waals surface area contributed by atoms with E-state index < -0.39 is 0 Å². The van der Waals surface area contributed by atoms with Crippen molar-refractivity contribution >= 4 is 0 Å². The maximum atomic E-state index is 14.1. The first-order valence-corrected chi connectivity index (χ1v) is 7.41. The van der Waals surface area contributed by atoms with E-state index in [1.165, 1.54) is 6.07 Å². The van der Waals surface area contributed by atoms with Gasteiger partial charge >= 0.3 is 0 Å². The van der Waals surface area contributed by atoms with Crippen molar-refractivity contribution in [3.8, 4) is 11.8 Å². The summed E-state index contributed by atoms with van der Waals surface area (Å²) in [7, 11) is 1.75. The summed E-state index contributed by atoms with van der Waals surface area (Å²) in [5, 5.41) is 0. The maximum absolute atomic E-state index is 14.1. The molecule has 1 saturated heterocycles. The van der Waals surface area contributed by atoms with Crippen molar-refractivity contribution in [2.45, 2.75) is 19.4 Å². The summed E-state index contributed by atoms with van der Waals surface area (Å²) in [4.78, 5) is 2.30. The smallest absolute Gasteiger partial charge is 0.128 e. The molecule has 2 rings (SSSR count). The lowest BCUT2D eigenvalue weighted by molar-refractivity contribution is 0.0964. The number of nitrogens with two attached hydrogens (primary N) is 1. The highest BCUT2D eigenvalue weighted by Gasteiger charge is 2.19. The molecular formula is C17H23FN2O. The van der Waals surface area contributed by atoms with Crippen molar-refractivity contribution in [1.29, 1.82) is 0 Å². The number of benzene rings is 1. The monoisotopic (exact) mass is 290 g/mol. The Hall–Kier alpha value is -1.41. The van der Waals surface area contributed by atoms with E-state index in [0.717, 1.165) is 38.1 Å². The van der Waals surface area contributed by atoms with Crippen molar-refractivity contribution in [3.63, 3.8) is 0 Å². The molecule has 1 fully saturated rings. The minimum Gasteiger partial charge on any atom is -0.384 e. The Labute approximate surface area is 126 Å². The fourth-order valence-corrected chi connectivity index (χ4v) is 2.69. The molecule has 1 aromatic carbocycles. The van der Waals surface area contributed by atoms with Gasteiger partial charge in [0.1, 0.15) is 5.82 Å². The number of piperidine rings is 1. The first kappa shape index (κ1) is 16.0. The molecule has 114 valence electrons. The van der Waals surface area contributed by atoms with Crippen LogP contribution in [0.1, 0.15) is 24.0 Å². The zero-order chi connectivity index (χ0) is 15.1. The normalized spacial score (nSPS) is 16.5. The number of hydrogen-bond donors (Lipinski definition) is 1. The van der Waals surface area contributed by atoms with E-state index >= 15 is 0 Å². The number of hydrogen-bond acceptors (Lipinski definition) is 3. The Morgan fingerprint density at radius 3 is 2.76 bits per heavy atom. The fourth-order valence-electron chi connectivity index (χ4n) is 2.69. The molecular weight excluding hydrogens is 267 g/mol. The Balaban J connectivity index is 1.92. The predicted molar refractivity (Wildman–Crippen MR) is 82.2 cm³/mol. The van der Waals surface area contributed by atoms with Gasteiger partial charge in [-0.1, -0.05) is 17.9 Å². The third kappa shape index (κ3) is 4.82. The highest BCUT2D eigenvalue weighted by molar-refractivity contribution is 5.37. The number of rotatable bonds is 4. The van der Waals surface area contributed by atoms with Crippen LogP contribution in [0.2, 0.25) is 0 Å². The van der Waals surface area contributed by atoms with Gasteiger partial charge in [-0.15, -0.1) is 0 Å². The molecule has 0 aromatic heterocycles. The molecule has 4 heteroatoms. The summed E-state index contributed by atoms with van der Waals surface area (Å²) < 4.78 is 19.3. The van der Waals surface area contributed by atoms with Crippen LogP contribution in [0, 0.1) is 23.6 Å². The van der Waals surface area contributed by atoms with E-state index in [0.29, 0.717) is 24.6 Å². The van der Waals surface area contributed by atoms with Crippen LogP contribution in [0.3, 0.4) is 0 Å². The van der Waals surface area contributed by atoms with E-state index in [1.54, 1.807) is 7.11 Å². The van der Waals surface area contributed by atoms with Gasteiger partial charge in [-0.3, -0.25) is 4.90 Å². The van der Waals surface area contributed by atoms with Crippen molar-refractivity contribution < 1.29 is 9.13 Å². The largest absolute Gasteiger partial charge is 0.384 e. The van der Waals surface area contributed by atoms with Crippen LogP contribution < -0.4 is 5.73 Å². The van der Waals surface area contributed by atoms with E-state index in [4.69, 9.17) is 10.5 Å². The van der Waals surface area contributed by atoms with Gasteiger partial charge in [-0.2, -0.15) is 0 Å². The minimum atomic E-state index is -0.183. The molecule has 0 saturated carbocycles. The summed E-state index contributed by atoms with van der Waals surface area (Å²) in [5.41, 5.74) is 6.73. The van der Waals surface area contributed by atoms with Crippen LogP contribution in [-0.2, 0) is 11.3 Å². The Morgan fingerprint density at radius 1 is 1.38 bits per heavy atom. The Bertz CT molecular complexity index is 513. The quantitative estimate of drug-likeness (QED) is 0.862. The molecule has 3 nitrogen and oxygen atoms in total. The summed E-state index contributed by atoms with van der Waals surface area (Å²) in [6.45, 7) is 3.79. The SMILES string of the molecule is COCC1CCN(Cc2ccc(C#CCN)cc2F)CC1. The second-order valence-corrected chi connectivity index (χ2v) is 5.49. The van der Waals surface area contributed by atoms with Gasteiger partial charge in [0.05, 0.1) is 6.54 Å². The van der Waals surface area contributed by atoms with Crippen molar-refractivity contribution in [1.82, 2.24) is 4.90 Å². The van der Waals surface area contributed by atoms with Gasteiger partial charge in [-0.25, -0.2) is 4.39 Å². The molecule has 0 amide bonds. The third-order valence-corrected chi connectivity index (χ3v) is 3.89. The van der Waals surface area contributed by atoms with Crippen LogP contribution in [-0.4, -0.2) is 38.3 Å². The standard InChI is InChI=1S/C17H23FN2O/c1-21-13-15-6-9-20(10-7-15)12-16-5-4-14(3-2-8-19)11-17(16)18/h4-5,11,15H,6-10,12-13,19H2,1H3. The second kappa shape index (κ2) is 8.14. The summed E-state index contributed by atoms with van der Waals surface area (Å²) in [6, 6.07) is 5.19. The highest BCUT2D eigenvalue weighted by Crippen LogP contribution is 2.20. The van der Waals surface area contributed by atoms with Crippen molar-refractivity contribution in [2.75, 3.05) is 33.4 Å². The zero-order valence-corrected chi connectivity index (χ0v) is 12.6. The molecule has 1 aromatic rings. The molecule has 0 spiro atoms. The average molecular weight is 290 g/mol. The van der Waals surface area contributed by atoms with E-state index in [-0.39, 0.29) is 5.82 Å². The van der Waals surface area contributed by atoms with Gasteiger partial charge in [0, 0.05) is 31.4 Å². The van der Waals surface area contributed by atoms with Crippen LogP contribution >= 0.6 is 0 Å². The lowest BCUT2D eigenvalue weighted by Gasteiger charge is -2.31. The first-order chi connectivity index (χ1) is 10.2. The number of likely N-dealkylation sites (tertiary alicyclic amines) is 1. The summed E-state index contributed by atoms with van der Waals surface area (Å²) >= 11 is 0. The molecule has 21 heavy (non-hydrogen) atoms. The fraction of sp³-hybridized carbons (Fsp3) is 0.529. The van der Waals surface area contributed by atoms with Crippen LogP contribution in [0.15, 0.2) is 18.2 Å². The molecule has 1 aliphatic heterocycles. The lowest BCUT2D eigenvalue weighted by Crippen LogP contribution is -2.34. The number of methoxy groups -OCH3 is 1. The molecule has 0 bridgehead atoms. The molecule has 0 unspecified atom stereocenters. The molecule has 0 aliphatic carbocycles. The van der Waals surface area contributed by atoms with Crippen LogP contribution in [0.5, 0.6) is 0 Å². The van der Waals surface area contributed by atoms with E-state index in [2.05, 4.69) is 16.7 Å². The molecule has 0 radical (unpaired) electrons. The van der Waals surface area contributed by atoms with Gasteiger partial charge in [0.25, 0.3) is 0 Å². The number of nitrogens with zero attached hydrogens (tertiary/aromatic N) is 1. The first-order valence-electron chi connectivity index (χ1n) is 7.41. The van der Waals surface area contributed by atoms with Gasteiger partial charge in [0.15, 0.2) is 0 Å². The van der Waals surface area contributed by atoms with Crippen molar-refractivity contribution in [2.24, 2.45) is 11.7 Å². The maximum Gasteiger partial charge on any atom is 0.128 e.